The van der Waals surface area contributed by atoms with Crippen molar-refractivity contribution in [1.82, 2.24) is 4.90 Å². The molecule has 1 heterocycles. The van der Waals surface area contributed by atoms with Gasteiger partial charge < -0.3 is 14.9 Å². The van der Waals surface area contributed by atoms with Gasteiger partial charge in [-0.25, -0.2) is 0 Å². The molecular formula is C27H25NO8. The van der Waals surface area contributed by atoms with Gasteiger partial charge in [0.15, 0.2) is 11.6 Å². The van der Waals surface area contributed by atoms with Crippen molar-refractivity contribution in [3.8, 4) is 11.5 Å². The van der Waals surface area contributed by atoms with E-state index >= 15 is 0 Å². The fourth-order valence-corrected chi connectivity index (χ4v) is 6.21. The Hall–Kier alpha value is -4.01. The zero-order valence-corrected chi connectivity index (χ0v) is 19.8. The number of allylic oxidation sites excluding steroid dienone is 6. The molecule has 9 nitrogen and oxygen atoms in total. The van der Waals surface area contributed by atoms with E-state index in [1.54, 1.807) is 19.1 Å². The molecule has 0 spiro atoms. The number of benzene rings is 1. The predicted molar refractivity (Wildman–Crippen MR) is 125 cm³/mol. The van der Waals surface area contributed by atoms with Gasteiger partial charge in [-0.1, -0.05) is 17.7 Å². The average Bonchev–Trinajstić information content (AvgIpc) is 3.09. The molecular weight excluding hydrogens is 466 g/mol. The fourth-order valence-electron chi connectivity index (χ4n) is 6.21. The molecule has 36 heavy (non-hydrogen) atoms. The summed E-state index contributed by atoms with van der Waals surface area (Å²) in [4.78, 5) is 65.2. The van der Waals surface area contributed by atoms with E-state index in [9.17, 15) is 29.1 Å². The third kappa shape index (κ3) is 3.41. The summed E-state index contributed by atoms with van der Waals surface area (Å²) in [5.41, 5.74) is 1.84. The van der Waals surface area contributed by atoms with Gasteiger partial charge in [-0.05, 0) is 43.9 Å². The Labute approximate surface area is 206 Å². The van der Waals surface area contributed by atoms with E-state index in [1.165, 1.54) is 19.3 Å². The summed E-state index contributed by atoms with van der Waals surface area (Å²) in [5, 5.41) is 19.9. The molecule has 2 N–H and O–H groups in total. The van der Waals surface area contributed by atoms with Crippen LogP contribution in [0.15, 0.2) is 52.6 Å². The molecule has 0 radical (unpaired) electrons. The van der Waals surface area contributed by atoms with Gasteiger partial charge in [-0.2, -0.15) is 0 Å². The van der Waals surface area contributed by atoms with Crippen molar-refractivity contribution >= 4 is 29.4 Å². The zero-order valence-electron chi connectivity index (χ0n) is 19.8. The molecule has 2 amide bonds. The monoisotopic (exact) mass is 491 g/mol. The van der Waals surface area contributed by atoms with E-state index < -0.39 is 41.5 Å². The maximum absolute atomic E-state index is 13.5. The number of nitrogens with zero attached hydrogens (tertiary/aromatic N) is 1. The van der Waals surface area contributed by atoms with Crippen LogP contribution in [0.5, 0.6) is 11.5 Å². The zero-order chi connectivity index (χ0) is 25.9. The maximum Gasteiger partial charge on any atom is 0.305 e. The van der Waals surface area contributed by atoms with Crippen LogP contribution in [0.1, 0.15) is 37.7 Å². The number of likely N-dealkylation sites (tertiary alicyclic amines) is 1. The number of ether oxygens (including phenoxy) is 1. The molecule has 4 atom stereocenters. The molecule has 1 aromatic carbocycles. The smallest absolute Gasteiger partial charge is 0.305 e. The average molecular weight is 491 g/mol. The standard InChI is InChI=1S/C27H25NO8/c1-12-10-18(30)22-16(25(12)33)11-15-13(23(22)24-17(29)4-3-5-19(24)36-2)6-7-14-21(15)27(35)28(26(14)34)9-8-20(31)32/h3-6,10,14-15,21,23,29H,7-9,11H2,1-2H3,(H,31,32). The molecule has 1 aromatic rings. The van der Waals surface area contributed by atoms with Gasteiger partial charge in [-0.15, -0.1) is 0 Å². The molecule has 1 saturated heterocycles. The second kappa shape index (κ2) is 8.58. The summed E-state index contributed by atoms with van der Waals surface area (Å²) < 4.78 is 5.51. The first-order valence-electron chi connectivity index (χ1n) is 11.8. The molecule has 0 saturated carbocycles. The van der Waals surface area contributed by atoms with Crippen molar-refractivity contribution in [3.63, 3.8) is 0 Å². The second-order valence-electron chi connectivity index (χ2n) is 9.59. The van der Waals surface area contributed by atoms with E-state index in [1.807, 2.05) is 6.08 Å². The van der Waals surface area contributed by atoms with Crippen LogP contribution in [0.3, 0.4) is 0 Å². The number of carbonyl (C=O) groups is 5. The van der Waals surface area contributed by atoms with Crippen LogP contribution in [0.2, 0.25) is 0 Å². The number of Topliss-reactive ketones (excluding diaryl/α,β-unsaturated/α-hetero) is 1. The Morgan fingerprint density at radius 2 is 1.89 bits per heavy atom. The lowest BCUT2D eigenvalue weighted by molar-refractivity contribution is -0.142. The number of phenols is 1. The Kier molecular flexibility index (Phi) is 5.65. The van der Waals surface area contributed by atoms with Crippen LogP contribution < -0.4 is 4.74 Å². The number of carbonyl (C=O) groups excluding carboxylic acids is 4. The molecule has 5 rings (SSSR count). The first-order chi connectivity index (χ1) is 17.1. The number of hydrogen-bond acceptors (Lipinski definition) is 7. The summed E-state index contributed by atoms with van der Waals surface area (Å²) in [5.74, 6) is -5.25. The van der Waals surface area contributed by atoms with Gasteiger partial charge in [0.1, 0.15) is 11.5 Å². The predicted octanol–water partition coefficient (Wildman–Crippen LogP) is 2.31. The first kappa shape index (κ1) is 23.7. The Balaban J connectivity index is 1.67. The summed E-state index contributed by atoms with van der Waals surface area (Å²) >= 11 is 0. The summed E-state index contributed by atoms with van der Waals surface area (Å²) in [6, 6.07) is 4.73. The van der Waals surface area contributed by atoms with Crippen molar-refractivity contribution in [2.45, 2.75) is 32.1 Å². The number of fused-ring (bicyclic) bond motifs is 3. The van der Waals surface area contributed by atoms with Crippen molar-refractivity contribution in [2.75, 3.05) is 13.7 Å². The lowest BCUT2D eigenvalue weighted by Gasteiger charge is -2.42. The number of hydrogen-bond donors (Lipinski definition) is 2. The van der Waals surface area contributed by atoms with E-state index in [-0.39, 0.29) is 54.3 Å². The van der Waals surface area contributed by atoms with Crippen LogP contribution in [0.4, 0.5) is 0 Å². The fraction of sp³-hybridized carbons (Fsp3) is 0.370. The molecule has 0 bridgehead atoms. The number of rotatable bonds is 5. The van der Waals surface area contributed by atoms with Crippen LogP contribution in [-0.2, 0) is 24.0 Å². The lowest BCUT2D eigenvalue weighted by Crippen LogP contribution is -2.40. The SMILES string of the molecule is COc1cccc(O)c1C1C2=CCC3C(=O)N(CCC(=O)O)C(=O)C3C2CC2=C1C(=O)C=C(C)C2=O. The number of aromatic hydroxyl groups is 1. The number of aliphatic carboxylic acids is 1. The minimum absolute atomic E-state index is 0.107. The summed E-state index contributed by atoms with van der Waals surface area (Å²) in [7, 11) is 1.44. The number of amides is 2. The van der Waals surface area contributed by atoms with E-state index in [4.69, 9.17) is 9.84 Å². The van der Waals surface area contributed by atoms with E-state index in [0.717, 1.165) is 4.90 Å². The highest BCUT2D eigenvalue weighted by atomic mass is 16.5. The number of phenolic OH excluding ortho intramolecular Hbond substituents is 1. The van der Waals surface area contributed by atoms with E-state index in [0.29, 0.717) is 22.5 Å². The largest absolute Gasteiger partial charge is 0.507 e. The number of ketones is 2. The van der Waals surface area contributed by atoms with Crippen molar-refractivity contribution in [3.05, 3.63) is 58.2 Å². The molecule has 4 aliphatic rings. The molecule has 3 aliphatic carbocycles. The van der Waals surface area contributed by atoms with Gasteiger partial charge in [0.2, 0.25) is 11.8 Å². The molecule has 186 valence electrons. The number of methoxy groups -OCH3 is 1. The molecule has 1 fully saturated rings. The number of carboxylic acid groups (broad SMARTS) is 1. The van der Waals surface area contributed by atoms with Crippen LogP contribution in [0.25, 0.3) is 0 Å². The Bertz CT molecular complexity index is 1330. The van der Waals surface area contributed by atoms with Crippen molar-refractivity contribution < 1.29 is 38.9 Å². The highest BCUT2D eigenvalue weighted by Crippen LogP contribution is 2.57. The van der Waals surface area contributed by atoms with Gasteiger partial charge in [0.25, 0.3) is 0 Å². The number of carboxylic acids is 1. The minimum atomic E-state index is -1.11. The maximum atomic E-state index is 13.5. The van der Waals surface area contributed by atoms with Crippen molar-refractivity contribution in [1.29, 1.82) is 0 Å². The van der Waals surface area contributed by atoms with Crippen molar-refractivity contribution in [2.24, 2.45) is 17.8 Å². The Morgan fingerprint density at radius 3 is 2.58 bits per heavy atom. The van der Waals surface area contributed by atoms with Gasteiger partial charge >= 0.3 is 5.97 Å². The highest BCUT2D eigenvalue weighted by Gasteiger charge is 2.56. The Morgan fingerprint density at radius 1 is 1.14 bits per heavy atom. The normalized spacial score (nSPS) is 27.3. The molecule has 1 aliphatic heterocycles. The van der Waals surface area contributed by atoms with Crippen LogP contribution in [0, 0.1) is 17.8 Å². The van der Waals surface area contributed by atoms with E-state index in [2.05, 4.69) is 0 Å². The third-order valence-corrected chi connectivity index (χ3v) is 7.75. The molecule has 4 unspecified atom stereocenters. The quantitative estimate of drug-likeness (QED) is 0.364. The van der Waals surface area contributed by atoms with Crippen LogP contribution >= 0.6 is 0 Å². The first-order valence-corrected chi connectivity index (χ1v) is 11.8. The highest BCUT2D eigenvalue weighted by molar-refractivity contribution is 6.23. The topological polar surface area (TPSA) is 138 Å². The summed E-state index contributed by atoms with van der Waals surface area (Å²) in [6.07, 6.45) is 3.12. The molecule has 9 heteroatoms. The van der Waals surface area contributed by atoms with Gasteiger partial charge in [0.05, 0.1) is 25.4 Å². The number of imide groups is 1. The third-order valence-electron chi connectivity index (χ3n) is 7.75. The van der Waals surface area contributed by atoms with Gasteiger partial charge in [-0.3, -0.25) is 28.9 Å². The lowest BCUT2D eigenvalue weighted by atomic mass is 9.59. The minimum Gasteiger partial charge on any atom is -0.507 e. The molecule has 0 aromatic heterocycles. The summed E-state index contributed by atoms with van der Waals surface area (Å²) in [6.45, 7) is 1.35. The van der Waals surface area contributed by atoms with Gasteiger partial charge in [0, 0.05) is 34.7 Å². The second-order valence-corrected chi connectivity index (χ2v) is 9.59. The van der Waals surface area contributed by atoms with Crippen LogP contribution in [-0.4, -0.2) is 58.1 Å².